The number of rotatable bonds is 6. The number of carboxylic acid groups (broad SMARTS) is 1. The van der Waals surface area contributed by atoms with Gasteiger partial charge in [0.1, 0.15) is 18.5 Å². The lowest BCUT2D eigenvalue weighted by atomic mass is 9.98. The van der Waals surface area contributed by atoms with Gasteiger partial charge in [-0.1, -0.05) is 72.3 Å². The minimum Gasteiger partial charge on any atom is -0.465 e. The van der Waals surface area contributed by atoms with Crippen molar-refractivity contribution in [3.05, 3.63) is 94.3 Å². The minimum absolute atomic E-state index is 0.0126. The molecule has 1 aliphatic carbocycles. The summed E-state index contributed by atoms with van der Waals surface area (Å²) >= 11 is 5.74. The van der Waals surface area contributed by atoms with Gasteiger partial charge < -0.3 is 20.5 Å². The normalized spacial score (nSPS) is 19.8. The topological polar surface area (TPSA) is 108 Å². The van der Waals surface area contributed by atoms with Crippen LogP contribution in [0.1, 0.15) is 22.6 Å². The number of carbonyl (C=O) groups excluding carboxylic acids is 2. The van der Waals surface area contributed by atoms with E-state index in [-0.39, 0.29) is 29.7 Å². The van der Waals surface area contributed by atoms with Crippen LogP contribution in [0.4, 0.5) is 18.4 Å². The van der Waals surface area contributed by atoms with Crippen molar-refractivity contribution >= 4 is 29.7 Å². The SMILES string of the molecule is O=C(N[C@H]1CN(C(=O)O)[C@@H](C(=O)NCc2cccc(Cl)c2F)[C@H]1F)OCC1c2ccccc2-c2ccccc21. The maximum Gasteiger partial charge on any atom is 0.408 e. The first-order valence-corrected chi connectivity index (χ1v) is 12.6. The number of fused-ring (bicyclic) bond motifs is 3. The fraction of sp³-hybridized carbons (Fsp3) is 0.250. The standard InChI is InChI=1S/C28H24ClF2N3O5/c29-21-11-5-6-15(23(21)30)12-32-26(35)25-24(31)22(13-34(25)28(37)38)33-27(36)39-14-20-18-9-3-1-7-16(18)17-8-2-4-10-19(17)20/h1-11,20,22,24-25H,12-14H2,(H,32,35)(H,33,36)(H,37,38)/t22-,24-,25+/m0/s1. The number of ether oxygens (including phenoxy) is 1. The third-order valence-corrected chi connectivity index (χ3v) is 7.35. The van der Waals surface area contributed by atoms with Crippen LogP contribution in [-0.2, 0) is 16.1 Å². The zero-order valence-electron chi connectivity index (χ0n) is 20.4. The fourth-order valence-electron chi connectivity index (χ4n) is 5.19. The van der Waals surface area contributed by atoms with Crippen molar-refractivity contribution in [1.29, 1.82) is 0 Å². The van der Waals surface area contributed by atoms with Crippen molar-refractivity contribution in [2.45, 2.75) is 30.7 Å². The quantitative estimate of drug-likeness (QED) is 0.408. The van der Waals surface area contributed by atoms with E-state index in [4.69, 9.17) is 16.3 Å². The van der Waals surface area contributed by atoms with Crippen LogP contribution in [0, 0.1) is 5.82 Å². The summed E-state index contributed by atoms with van der Waals surface area (Å²) in [5, 5.41) is 14.1. The van der Waals surface area contributed by atoms with E-state index in [0.717, 1.165) is 22.3 Å². The number of likely N-dealkylation sites (tertiary alicyclic amines) is 1. The predicted octanol–water partition coefficient (Wildman–Crippen LogP) is 4.70. The van der Waals surface area contributed by atoms with Crippen molar-refractivity contribution in [3.8, 4) is 11.1 Å². The zero-order chi connectivity index (χ0) is 27.7. The van der Waals surface area contributed by atoms with Gasteiger partial charge in [-0.25, -0.2) is 18.4 Å². The molecule has 0 saturated carbocycles. The summed E-state index contributed by atoms with van der Waals surface area (Å²) in [6.45, 7) is -0.808. The molecule has 3 N–H and O–H groups in total. The Kier molecular flexibility index (Phi) is 7.38. The second kappa shape index (κ2) is 10.9. The highest BCUT2D eigenvalue weighted by Crippen LogP contribution is 2.44. The van der Waals surface area contributed by atoms with Crippen LogP contribution >= 0.6 is 11.6 Å². The molecule has 1 aliphatic heterocycles. The molecule has 202 valence electrons. The van der Waals surface area contributed by atoms with E-state index in [9.17, 15) is 23.9 Å². The number of carbonyl (C=O) groups is 3. The molecule has 0 aromatic heterocycles. The summed E-state index contributed by atoms with van der Waals surface area (Å²) in [4.78, 5) is 37.7. The molecule has 1 fully saturated rings. The Morgan fingerprint density at radius 3 is 2.28 bits per heavy atom. The molecule has 2 aliphatic rings. The molecule has 3 aromatic rings. The molecule has 1 heterocycles. The average Bonchev–Trinajstić information content (AvgIpc) is 3.43. The smallest absolute Gasteiger partial charge is 0.408 e. The van der Waals surface area contributed by atoms with Gasteiger partial charge in [0.2, 0.25) is 5.91 Å². The van der Waals surface area contributed by atoms with E-state index in [2.05, 4.69) is 10.6 Å². The third-order valence-electron chi connectivity index (χ3n) is 7.06. The van der Waals surface area contributed by atoms with Crippen LogP contribution in [0.5, 0.6) is 0 Å². The highest BCUT2D eigenvalue weighted by molar-refractivity contribution is 6.30. The number of halogens is 3. The molecule has 0 unspecified atom stereocenters. The number of alkyl halides is 1. The van der Waals surface area contributed by atoms with Crippen molar-refractivity contribution in [2.24, 2.45) is 0 Å². The second-order valence-electron chi connectivity index (χ2n) is 9.33. The van der Waals surface area contributed by atoms with Gasteiger partial charge in [-0.15, -0.1) is 0 Å². The van der Waals surface area contributed by atoms with Crippen molar-refractivity contribution in [1.82, 2.24) is 15.5 Å². The first-order valence-electron chi connectivity index (χ1n) is 12.2. The fourth-order valence-corrected chi connectivity index (χ4v) is 5.38. The van der Waals surface area contributed by atoms with Crippen LogP contribution in [0.3, 0.4) is 0 Å². The molecular weight excluding hydrogens is 532 g/mol. The van der Waals surface area contributed by atoms with Crippen molar-refractivity contribution in [2.75, 3.05) is 13.2 Å². The first kappa shape index (κ1) is 26.4. The lowest BCUT2D eigenvalue weighted by Crippen LogP contribution is -2.49. The molecule has 1 saturated heterocycles. The largest absolute Gasteiger partial charge is 0.465 e. The Hall–Kier alpha value is -4.18. The summed E-state index contributed by atoms with van der Waals surface area (Å²) < 4.78 is 34.9. The minimum atomic E-state index is -2.06. The lowest BCUT2D eigenvalue weighted by molar-refractivity contribution is -0.126. The molecule has 0 bridgehead atoms. The van der Waals surface area contributed by atoms with E-state index < -0.39 is 48.7 Å². The molecule has 39 heavy (non-hydrogen) atoms. The van der Waals surface area contributed by atoms with Gasteiger partial charge in [-0.05, 0) is 28.3 Å². The maximum atomic E-state index is 15.3. The second-order valence-corrected chi connectivity index (χ2v) is 9.74. The zero-order valence-corrected chi connectivity index (χ0v) is 21.2. The summed E-state index contributed by atoms with van der Waals surface area (Å²) in [7, 11) is 0. The lowest BCUT2D eigenvalue weighted by Gasteiger charge is -2.21. The summed E-state index contributed by atoms with van der Waals surface area (Å²) in [5.41, 5.74) is 4.15. The van der Waals surface area contributed by atoms with Gasteiger partial charge in [0.05, 0.1) is 11.1 Å². The van der Waals surface area contributed by atoms with Gasteiger partial charge in [0.15, 0.2) is 6.17 Å². The van der Waals surface area contributed by atoms with E-state index in [1.807, 2.05) is 48.5 Å². The monoisotopic (exact) mass is 555 g/mol. The summed E-state index contributed by atoms with van der Waals surface area (Å²) in [5.74, 6) is -1.93. The highest BCUT2D eigenvalue weighted by Gasteiger charge is 2.49. The molecule has 3 amide bonds. The van der Waals surface area contributed by atoms with Gasteiger partial charge in [0, 0.05) is 24.6 Å². The van der Waals surface area contributed by atoms with Crippen molar-refractivity contribution in [3.63, 3.8) is 0 Å². The Balaban J connectivity index is 1.22. The Labute approximate surface area is 227 Å². The Bertz CT molecular complexity index is 1390. The van der Waals surface area contributed by atoms with Crippen LogP contribution in [0.2, 0.25) is 5.02 Å². The molecule has 3 aromatic carbocycles. The summed E-state index contributed by atoms with van der Waals surface area (Å²) in [6.07, 6.45) is -4.54. The van der Waals surface area contributed by atoms with Gasteiger partial charge in [-0.3, -0.25) is 9.69 Å². The average molecular weight is 556 g/mol. The Morgan fingerprint density at radius 2 is 1.64 bits per heavy atom. The molecule has 5 rings (SSSR count). The number of hydrogen-bond acceptors (Lipinski definition) is 4. The summed E-state index contributed by atoms with van der Waals surface area (Å²) in [6, 6.07) is 16.7. The highest BCUT2D eigenvalue weighted by atomic mass is 35.5. The first-order chi connectivity index (χ1) is 18.8. The molecule has 11 heteroatoms. The van der Waals surface area contributed by atoms with Crippen LogP contribution in [0.25, 0.3) is 11.1 Å². The van der Waals surface area contributed by atoms with E-state index in [0.29, 0.717) is 4.90 Å². The van der Waals surface area contributed by atoms with Crippen LogP contribution in [0.15, 0.2) is 66.7 Å². The number of alkyl carbamates (subject to hydrolysis) is 1. The molecule has 8 nitrogen and oxygen atoms in total. The third kappa shape index (κ3) is 5.12. The molecular formula is C28H24ClF2N3O5. The molecule has 0 spiro atoms. The maximum absolute atomic E-state index is 15.3. The number of benzene rings is 3. The number of nitrogens with zero attached hydrogens (tertiary/aromatic N) is 1. The van der Waals surface area contributed by atoms with E-state index in [1.54, 1.807) is 0 Å². The molecule has 0 radical (unpaired) electrons. The van der Waals surface area contributed by atoms with Gasteiger partial charge in [0.25, 0.3) is 0 Å². The molecule has 3 atom stereocenters. The number of amides is 3. The van der Waals surface area contributed by atoms with Crippen LogP contribution < -0.4 is 10.6 Å². The number of hydrogen-bond donors (Lipinski definition) is 3. The van der Waals surface area contributed by atoms with Gasteiger partial charge in [-0.2, -0.15) is 0 Å². The number of nitrogens with one attached hydrogen (secondary N) is 2. The van der Waals surface area contributed by atoms with Crippen LogP contribution in [-0.4, -0.2) is 59.5 Å². The van der Waals surface area contributed by atoms with E-state index in [1.165, 1.54) is 18.2 Å². The predicted molar refractivity (Wildman–Crippen MR) is 139 cm³/mol. The van der Waals surface area contributed by atoms with E-state index >= 15 is 4.39 Å². The van der Waals surface area contributed by atoms with Crippen molar-refractivity contribution < 1.29 is 33.0 Å². The Morgan fingerprint density at radius 1 is 1.00 bits per heavy atom. The van der Waals surface area contributed by atoms with Gasteiger partial charge >= 0.3 is 12.2 Å².